The van der Waals surface area contributed by atoms with Crippen LogP contribution in [-0.4, -0.2) is 26.5 Å². The zero-order valence-corrected chi connectivity index (χ0v) is 22.3. The molecule has 3 aromatic rings. The van der Waals surface area contributed by atoms with Crippen LogP contribution >= 0.6 is 0 Å². The van der Waals surface area contributed by atoms with Crippen molar-refractivity contribution in [3.8, 4) is 5.75 Å². The van der Waals surface area contributed by atoms with E-state index in [0.29, 0.717) is 18.0 Å². The highest BCUT2D eigenvalue weighted by Crippen LogP contribution is 2.39. The summed E-state index contributed by atoms with van der Waals surface area (Å²) >= 11 is 0. The van der Waals surface area contributed by atoms with Crippen molar-refractivity contribution in [3.63, 3.8) is 0 Å². The van der Waals surface area contributed by atoms with Crippen molar-refractivity contribution in [3.05, 3.63) is 89.5 Å². The smallest absolute Gasteiger partial charge is 0.264 e. The van der Waals surface area contributed by atoms with Crippen LogP contribution in [0.2, 0.25) is 0 Å². The van der Waals surface area contributed by atoms with E-state index in [9.17, 15) is 13.2 Å². The minimum Gasteiger partial charge on any atom is -0.487 e. The molecule has 0 saturated heterocycles. The SMILES string of the molecule is Cc1ccc(S(=O)(=O)N(CC(=O)NC2CC(C)(C)Oc3ccccc32)c2ccc(C(C)C)cc2)cc1. The number of carbonyl (C=O) groups excluding carboxylic acids is 1. The summed E-state index contributed by atoms with van der Waals surface area (Å²) in [5, 5.41) is 3.07. The number of anilines is 1. The standard InChI is InChI=1S/C29H34N2O4S/c1-20(2)22-12-14-23(15-13-22)31(36(33,34)24-16-10-21(3)11-17-24)19-28(32)30-26-18-29(4,5)35-27-9-7-6-8-25(26)27/h6-17,20,26H,18-19H2,1-5H3,(H,30,32). The van der Waals surface area contributed by atoms with Crippen molar-refractivity contribution in [1.82, 2.24) is 5.32 Å². The largest absolute Gasteiger partial charge is 0.487 e. The van der Waals surface area contributed by atoms with Crippen LogP contribution in [0.4, 0.5) is 5.69 Å². The van der Waals surface area contributed by atoms with E-state index in [2.05, 4.69) is 19.2 Å². The zero-order valence-electron chi connectivity index (χ0n) is 21.5. The first kappa shape index (κ1) is 25.8. The third-order valence-electron chi connectivity index (χ3n) is 6.46. The summed E-state index contributed by atoms with van der Waals surface area (Å²) in [6, 6.07) is 21.4. The Kier molecular flexibility index (Phi) is 7.14. The Balaban J connectivity index is 1.65. The van der Waals surface area contributed by atoms with E-state index in [-0.39, 0.29) is 23.4 Å². The topological polar surface area (TPSA) is 75.7 Å². The Labute approximate surface area is 214 Å². The molecule has 1 aliphatic heterocycles. The molecule has 4 rings (SSSR count). The monoisotopic (exact) mass is 506 g/mol. The third-order valence-corrected chi connectivity index (χ3v) is 8.24. The van der Waals surface area contributed by atoms with Crippen LogP contribution in [0.15, 0.2) is 77.7 Å². The molecule has 1 heterocycles. The van der Waals surface area contributed by atoms with Gasteiger partial charge in [0.25, 0.3) is 10.0 Å². The Bertz CT molecular complexity index is 1330. The maximum Gasteiger partial charge on any atom is 0.264 e. The molecule has 1 atom stereocenters. The molecule has 1 aliphatic rings. The number of sulfonamides is 1. The molecule has 190 valence electrons. The van der Waals surface area contributed by atoms with Gasteiger partial charge in [-0.05, 0) is 62.6 Å². The normalized spacial score (nSPS) is 16.7. The number of benzene rings is 3. The fourth-order valence-electron chi connectivity index (χ4n) is 4.48. The van der Waals surface area contributed by atoms with Gasteiger partial charge in [-0.2, -0.15) is 0 Å². The molecule has 6 nitrogen and oxygen atoms in total. The molecular weight excluding hydrogens is 472 g/mol. The van der Waals surface area contributed by atoms with Gasteiger partial charge in [0, 0.05) is 12.0 Å². The molecule has 1 amide bonds. The number of hydrogen-bond donors (Lipinski definition) is 1. The summed E-state index contributed by atoms with van der Waals surface area (Å²) < 4.78 is 34.7. The lowest BCUT2D eigenvalue weighted by molar-refractivity contribution is -0.120. The van der Waals surface area contributed by atoms with Gasteiger partial charge in [0.15, 0.2) is 0 Å². The Morgan fingerprint density at radius 1 is 1.03 bits per heavy atom. The number of amides is 1. The number of rotatable bonds is 7. The van der Waals surface area contributed by atoms with Gasteiger partial charge in [-0.1, -0.05) is 61.9 Å². The molecule has 3 aromatic carbocycles. The number of carbonyl (C=O) groups is 1. The molecule has 1 unspecified atom stereocenters. The highest BCUT2D eigenvalue weighted by molar-refractivity contribution is 7.92. The van der Waals surface area contributed by atoms with Gasteiger partial charge >= 0.3 is 0 Å². The van der Waals surface area contributed by atoms with E-state index < -0.39 is 15.6 Å². The zero-order chi connectivity index (χ0) is 26.1. The average Bonchev–Trinajstić information content (AvgIpc) is 2.82. The fourth-order valence-corrected chi connectivity index (χ4v) is 5.90. The summed E-state index contributed by atoms with van der Waals surface area (Å²) in [6.45, 7) is 9.68. The Morgan fingerprint density at radius 3 is 2.31 bits per heavy atom. The van der Waals surface area contributed by atoms with E-state index in [1.807, 2.05) is 57.2 Å². The third kappa shape index (κ3) is 5.57. The predicted octanol–water partition coefficient (Wildman–Crippen LogP) is 5.73. The summed E-state index contributed by atoms with van der Waals surface area (Å²) in [7, 11) is -3.98. The van der Waals surface area contributed by atoms with Gasteiger partial charge in [0.1, 0.15) is 17.9 Å². The van der Waals surface area contributed by atoms with Crippen molar-refractivity contribution in [2.24, 2.45) is 0 Å². The Hall–Kier alpha value is -3.32. The van der Waals surface area contributed by atoms with Crippen molar-refractivity contribution in [2.75, 3.05) is 10.8 Å². The number of fused-ring (bicyclic) bond motifs is 1. The first-order valence-corrected chi connectivity index (χ1v) is 13.7. The van der Waals surface area contributed by atoms with Crippen molar-refractivity contribution in [2.45, 2.75) is 63.5 Å². The molecule has 0 fully saturated rings. The molecule has 7 heteroatoms. The Morgan fingerprint density at radius 2 is 1.67 bits per heavy atom. The van der Waals surface area contributed by atoms with Crippen LogP contribution in [0.5, 0.6) is 5.75 Å². The summed E-state index contributed by atoms with van der Waals surface area (Å²) in [6.07, 6.45) is 0.573. The molecular formula is C29H34N2O4S. The molecule has 0 saturated carbocycles. The first-order chi connectivity index (χ1) is 17.0. The van der Waals surface area contributed by atoms with E-state index >= 15 is 0 Å². The van der Waals surface area contributed by atoms with Crippen molar-refractivity contribution < 1.29 is 17.9 Å². The lowest BCUT2D eigenvalue weighted by Crippen LogP contribution is -2.45. The lowest BCUT2D eigenvalue weighted by Gasteiger charge is -2.38. The maximum absolute atomic E-state index is 13.7. The second-order valence-electron chi connectivity index (χ2n) is 10.3. The second-order valence-corrected chi connectivity index (χ2v) is 12.2. The molecule has 36 heavy (non-hydrogen) atoms. The van der Waals surface area contributed by atoms with E-state index in [1.165, 1.54) is 4.31 Å². The molecule has 0 bridgehead atoms. The van der Waals surface area contributed by atoms with Crippen LogP contribution in [0.3, 0.4) is 0 Å². The van der Waals surface area contributed by atoms with Gasteiger partial charge in [-0.3, -0.25) is 9.10 Å². The van der Waals surface area contributed by atoms with Gasteiger partial charge in [-0.25, -0.2) is 8.42 Å². The molecule has 0 aliphatic carbocycles. The number of nitrogens with zero attached hydrogens (tertiary/aromatic N) is 1. The maximum atomic E-state index is 13.7. The predicted molar refractivity (Wildman–Crippen MR) is 143 cm³/mol. The van der Waals surface area contributed by atoms with Crippen molar-refractivity contribution in [1.29, 1.82) is 0 Å². The highest BCUT2D eigenvalue weighted by atomic mass is 32.2. The van der Waals surface area contributed by atoms with Gasteiger partial charge < -0.3 is 10.1 Å². The number of hydrogen-bond acceptors (Lipinski definition) is 4. The average molecular weight is 507 g/mol. The van der Waals surface area contributed by atoms with Crippen LogP contribution in [0, 0.1) is 6.92 Å². The van der Waals surface area contributed by atoms with Gasteiger partial charge in [0.2, 0.25) is 5.91 Å². The first-order valence-electron chi connectivity index (χ1n) is 12.2. The van der Waals surface area contributed by atoms with E-state index in [1.54, 1.807) is 36.4 Å². The minimum absolute atomic E-state index is 0.145. The number of ether oxygens (including phenoxy) is 1. The summed E-state index contributed by atoms with van der Waals surface area (Å²) in [5.41, 5.74) is 2.92. The molecule has 0 spiro atoms. The molecule has 1 N–H and O–H groups in total. The molecule has 0 radical (unpaired) electrons. The summed E-state index contributed by atoms with van der Waals surface area (Å²) in [5.74, 6) is 0.657. The number of nitrogens with one attached hydrogen (secondary N) is 1. The number of aryl methyl sites for hydroxylation is 1. The van der Waals surface area contributed by atoms with E-state index in [4.69, 9.17) is 4.74 Å². The quantitative estimate of drug-likeness (QED) is 0.444. The van der Waals surface area contributed by atoms with Gasteiger partial charge in [-0.15, -0.1) is 0 Å². The summed E-state index contributed by atoms with van der Waals surface area (Å²) in [4.78, 5) is 13.5. The number of para-hydroxylation sites is 1. The minimum atomic E-state index is -3.98. The van der Waals surface area contributed by atoms with E-state index in [0.717, 1.165) is 22.4 Å². The molecule has 0 aromatic heterocycles. The second kappa shape index (κ2) is 9.97. The van der Waals surface area contributed by atoms with Gasteiger partial charge in [0.05, 0.1) is 16.6 Å². The van der Waals surface area contributed by atoms with Crippen LogP contribution in [-0.2, 0) is 14.8 Å². The fraction of sp³-hybridized carbons (Fsp3) is 0.345. The van der Waals surface area contributed by atoms with Crippen LogP contribution < -0.4 is 14.4 Å². The van der Waals surface area contributed by atoms with Crippen molar-refractivity contribution >= 4 is 21.6 Å². The highest BCUT2D eigenvalue weighted by Gasteiger charge is 2.35. The van der Waals surface area contributed by atoms with Crippen LogP contribution in [0.1, 0.15) is 62.8 Å². The lowest BCUT2D eigenvalue weighted by atomic mass is 9.89. The van der Waals surface area contributed by atoms with Crippen LogP contribution in [0.25, 0.3) is 0 Å².